The highest BCUT2D eigenvalue weighted by molar-refractivity contribution is 7.87. The van der Waals surface area contributed by atoms with Crippen LogP contribution in [0.4, 0.5) is 17.6 Å². The third-order valence-corrected chi connectivity index (χ3v) is 4.69. The van der Waals surface area contributed by atoms with E-state index in [1.165, 1.54) is 31.2 Å². The maximum absolute atomic E-state index is 13.7. The Morgan fingerprint density at radius 2 is 1.69 bits per heavy atom. The third-order valence-electron chi connectivity index (χ3n) is 3.42. The molecule has 140 valence electrons. The standard InChI is InChI=1S/C17H14F4O4S/c1-11(22)2-3-12-4-7-14(8-5-12)25-26(23,24)16-10-13(17(19,20)21)6-9-15(16)18/h4-10H,2-3H2,1H3. The third kappa shape index (κ3) is 5.04. The van der Waals surface area contributed by atoms with Gasteiger partial charge in [0.25, 0.3) is 0 Å². The summed E-state index contributed by atoms with van der Waals surface area (Å²) in [6.07, 6.45) is -4.06. The fraction of sp³-hybridized carbons (Fsp3) is 0.235. The predicted octanol–water partition coefficient (Wildman–Crippen LogP) is 4.13. The molecule has 0 radical (unpaired) electrons. The van der Waals surface area contributed by atoms with Gasteiger partial charge in [-0.3, -0.25) is 0 Å². The van der Waals surface area contributed by atoms with Crippen LogP contribution in [0.15, 0.2) is 47.4 Å². The molecule has 0 aliphatic rings. The van der Waals surface area contributed by atoms with Gasteiger partial charge in [0.1, 0.15) is 22.2 Å². The molecular weight excluding hydrogens is 376 g/mol. The molecule has 0 saturated heterocycles. The van der Waals surface area contributed by atoms with E-state index < -0.39 is 32.6 Å². The number of hydrogen-bond acceptors (Lipinski definition) is 4. The molecule has 9 heteroatoms. The molecule has 0 aliphatic carbocycles. The number of rotatable bonds is 6. The second-order valence-electron chi connectivity index (χ2n) is 5.53. The quantitative estimate of drug-likeness (QED) is 0.550. The zero-order valence-electron chi connectivity index (χ0n) is 13.5. The highest BCUT2D eigenvalue weighted by atomic mass is 32.2. The van der Waals surface area contributed by atoms with Gasteiger partial charge in [0, 0.05) is 6.42 Å². The molecule has 0 heterocycles. The maximum Gasteiger partial charge on any atom is 0.416 e. The number of Topliss-reactive ketones (excluding diaryl/α,β-unsaturated/α-hetero) is 1. The fourth-order valence-corrected chi connectivity index (χ4v) is 3.11. The van der Waals surface area contributed by atoms with Crippen molar-refractivity contribution in [2.45, 2.75) is 30.8 Å². The van der Waals surface area contributed by atoms with Gasteiger partial charge >= 0.3 is 16.3 Å². The van der Waals surface area contributed by atoms with Crippen LogP contribution in [0.3, 0.4) is 0 Å². The molecule has 0 spiro atoms. The van der Waals surface area contributed by atoms with Crippen LogP contribution in [-0.2, 0) is 27.5 Å². The summed E-state index contributed by atoms with van der Waals surface area (Å²) < 4.78 is 80.8. The minimum absolute atomic E-state index is 0.00655. The van der Waals surface area contributed by atoms with Gasteiger partial charge in [-0.15, -0.1) is 0 Å². The normalized spacial score (nSPS) is 12.0. The smallest absolute Gasteiger partial charge is 0.379 e. The first-order valence-electron chi connectivity index (χ1n) is 7.38. The topological polar surface area (TPSA) is 60.4 Å². The van der Waals surface area contributed by atoms with Crippen LogP contribution >= 0.6 is 0 Å². The molecular formula is C17H14F4O4S. The first kappa shape index (κ1) is 19.9. The number of ketones is 1. The van der Waals surface area contributed by atoms with Gasteiger partial charge in [-0.05, 0) is 49.2 Å². The van der Waals surface area contributed by atoms with Gasteiger partial charge in [0.05, 0.1) is 5.56 Å². The van der Waals surface area contributed by atoms with Crippen LogP contribution in [-0.4, -0.2) is 14.2 Å². The van der Waals surface area contributed by atoms with E-state index >= 15 is 0 Å². The maximum atomic E-state index is 13.7. The summed E-state index contributed by atoms with van der Waals surface area (Å²) in [6, 6.07) is 6.62. The zero-order chi connectivity index (χ0) is 19.5. The summed E-state index contributed by atoms with van der Waals surface area (Å²) in [4.78, 5) is 9.74. The summed E-state index contributed by atoms with van der Waals surface area (Å²) in [5, 5.41) is 0. The van der Waals surface area contributed by atoms with E-state index in [4.69, 9.17) is 4.18 Å². The number of alkyl halides is 3. The Labute approximate surface area is 147 Å². The van der Waals surface area contributed by atoms with Crippen molar-refractivity contribution in [3.63, 3.8) is 0 Å². The Kier molecular flexibility index (Phi) is 5.70. The average molecular weight is 390 g/mol. The average Bonchev–Trinajstić information content (AvgIpc) is 2.53. The molecule has 26 heavy (non-hydrogen) atoms. The van der Waals surface area contributed by atoms with E-state index in [0.717, 1.165) is 5.56 Å². The van der Waals surface area contributed by atoms with Crippen molar-refractivity contribution >= 4 is 15.9 Å². The van der Waals surface area contributed by atoms with Gasteiger partial charge in [-0.1, -0.05) is 12.1 Å². The lowest BCUT2D eigenvalue weighted by molar-refractivity contribution is -0.137. The van der Waals surface area contributed by atoms with E-state index in [0.29, 0.717) is 25.0 Å². The summed E-state index contributed by atoms with van der Waals surface area (Å²) in [7, 11) is -4.79. The Morgan fingerprint density at radius 3 is 2.23 bits per heavy atom. The van der Waals surface area contributed by atoms with E-state index in [1.54, 1.807) is 0 Å². The first-order chi connectivity index (χ1) is 12.0. The molecule has 2 rings (SSSR count). The molecule has 2 aromatic rings. The van der Waals surface area contributed by atoms with Crippen LogP contribution in [0.2, 0.25) is 0 Å². The van der Waals surface area contributed by atoms with Gasteiger partial charge in [0.15, 0.2) is 0 Å². The lowest BCUT2D eigenvalue weighted by Gasteiger charge is -2.11. The van der Waals surface area contributed by atoms with Crippen LogP contribution in [0.5, 0.6) is 5.75 Å². The SMILES string of the molecule is CC(=O)CCc1ccc(OS(=O)(=O)c2cc(C(F)(F)F)ccc2F)cc1. The molecule has 0 saturated carbocycles. The molecule has 0 N–H and O–H groups in total. The fourth-order valence-electron chi connectivity index (χ4n) is 2.07. The monoisotopic (exact) mass is 390 g/mol. The van der Waals surface area contributed by atoms with Gasteiger partial charge in [-0.2, -0.15) is 21.6 Å². The number of hydrogen-bond donors (Lipinski definition) is 0. The van der Waals surface area contributed by atoms with Crippen LogP contribution in [0.25, 0.3) is 0 Å². The van der Waals surface area contributed by atoms with Crippen molar-refractivity contribution in [2.24, 2.45) is 0 Å². The molecule has 0 aromatic heterocycles. The second kappa shape index (κ2) is 7.45. The second-order valence-corrected chi connectivity index (χ2v) is 7.04. The molecule has 0 bridgehead atoms. The number of benzene rings is 2. The molecule has 2 aromatic carbocycles. The van der Waals surface area contributed by atoms with Crippen molar-refractivity contribution in [1.82, 2.24) is 0 Å². The van der Waals surface area contributed by atoms with Crippen molar-refractivity contribution in [3.05, 3.63) is 59.4 Å². The van der Waals surface area contributed by atoms with Crippen molar-refractivity contribution < 1.29 is 35.0 Å². The van der Waals surface area contributed by atoms with Gasteiger partial charge in [0.2, 0.25) is 0 Å². The predicted molar refractivity (Wildman–Crippen MR) is 84.7 cm³/mol. The molecule has 0 atom stereocenters. The number of aryl methyl sites for hydroxylation is 1. The number of carbonyl (C=O) groups excluding carboxylic acids is 1. The minimum Gasteiger partial charge on any atom is -0.379 e. The van der Waals surface area contributed by atoms with E-state index in [1.807, 2.05) is 0 Å². The van der Waals surface area contributed by atoms with Crippen molar-refractivity contribution in [2.75, 3.05) is 0 Å². The molecule has 0 unspecified atom stereocenters. The van der Waals surface area contributed by atoms with Crippen LogP contribution in [0, 0.1) is 5.82 Å². The lowest BCUT2D eigenvalue weighted by atomic mass is 10.1. The Balaban J connectivity index is 2.25. The zero-order valence-corrected chi connectivity index (χ0v) is 14.3. The summed E-state index contributed by atoms with van der Waals surface area (Å²) in [6.45, 7) is 1.44. The van der Waals surface area contributed by atoms with Crippen molar-refractivity contribution in [1.29, 1.82) is 0 Å². The van der Waals surface area contributed by atoms with Crippen molar-refractivity contribution in [3.8, 4) is 5.75 Å². The summed E-state index contributed by atoms with van der Waals surface area (Å²) in [5.41, 5.74) is -0.559. The Hall–Kier alpha value is -2.42. The van der Waals surface area contributed by atoms with E-state index in [2.05, 4.69) is 0 Å². The molecule has 0 aliphatic heterocycles. The van der Waals surface area contributed by atoms with E-state index in [9.17, 15) is 30.8 Å². The number of halogens is 4. The lowest BCUT2D eigenvalue weighted by Crippen LogP contribution is -2.14. The Morgan fingerprint density at radius 1 is 1.08 bits per heavy atom. The molecule has 4 nitrogen and oxygen atoms in total. The highest BCUT2D eigenvalue weighted by Crippen LogP contribution is 2.32. The minimum atomic E-state index is -4.82. The van der Waals surface area contributed by atoms with Crippen LogP contribution < -0.4 is 4.18 Å². The van der Waals surface area contributed by atoms with Gasteiger partial charge in [-0.25, -0.2) is 4.39 Å². The molecule has 0 amide bonds. The Bertz CT molecular complexity index is 903. The van der Waals surface area contributed by atoms with Crippen LogP contribution in [0.1, 0.15) is 24.5 Å². The number of carbonyl (C=O) groups is 1. The molecule has 0 fully saturated rings. The summed E-state index contributed by atoms with van der Waals surface area (Å²) in [5.74, 6) is -1.54. The first-order valence-corrected chi connectivity index (χ1v) is 8.79. The summed E-state index contributed by atoms with van der Waals surface area (Å²) >= 11 is 0. The van der Waals surface area contributed by atoms with E-state index in [-0.39, 0.29) is 17.6 Å². The largest absolute Gasteiger partial charge is 0.416 e. The highest BCUT2D eigenvalue weighted by Gasteiger charge is 2.33. The van der Waals surface area contributed by atoms with Gasteiger partial charge < -0.3 is 8.98 Å².